The Bertz CT molecular complexity index is 661. The summed E-state index contributed by atoms with van der Waals surface area (Å²) in [5.74, 6) is 0.964. The number of amides is 2. The molecule has 1 aromatic rings. The molecule has 1 aromatic heterocycles. The van der Waals surface area contributed by atoms with Crippen LogP contribution in [-0.4, -0.2) is 16.8 Å². The molecule has 0 aliphatic heterocycles. The summed E-state index contributed by atoms with van der Waals surface area (Å²) in [4.78, 5) is 28.3. The predicted molar refractivity (Wildman–Crippen MR) is 94.5 cm³/mol. The molecule has 2 saturated carbocycles. The molecule has 0 aromatic carbocycles. The molecular formula is C19H24N4O2. The molecule has 2 aliphatic carbocycles. The molecule has 0 saturated heterocycles. The highest BCUT2D eigenvalue weighted by molar-refractivity contribution is 5.93. The van der Waals surface area contributed by atoms with E-state index in [1.54, 1.807) is 18.3 Å². The van der Waals surface area contributed by atoms with E-state index in [0.717, 1.165) is 44.9 Å². The number of hydrogen-bond acceptors (Lipinski definition) is 4. The fourth-order valence-corrected chi connectivity index (χ4v) is 3.51. The molecule has 2 fully saturated rings. The summed E-state index contributed by atoms with van der Waals surface area (Å²) in [6.45, 7) is 0. The third-order valence-electron chi connectivity index (χ3n) is 5.21. The van der Waals surface area contributed by atoms with Gasteiger partial charge in [0.2, 0.25) is 11.8 Å². The number of nitrogens with zero attached hydrogens (tertiary/aromatic N) is 2. The second-order valence-electron chi connectivity index (χ2n) is 7.16. The van der Waals surface area contributed by atoms with Gasteiger partial charge in [0.25, 0.3) is 0 Å². The van der Waals surface area contributed by atoms with Crippen molar-refractivity contribution in [3.05, 3.63) is 18.3 Å². The number of carbonyl (C=O) groups is 2. The number of pyridine rings is 1. The third-order valence-corrected chi connectivity index (χ3v) is 5.21. The summed E-state index contributed by atoms with van der Waals surface area (Å²) in [5, 5.41) is 14.7. The van der Waals surface area contributed by atoms with Crippen LogP contribution in [0.25, 0.3) is 0 Å². The Hall–Kier alpha value is -2.42. The van der Waals surface area contributed by atoms with Crippen LogP contribution in [-0.2, 0) is 9.59 Å². The van der Waals surface area contributed by atoms with Gasteiger partial charge in [0.05, 0.1) is 18.0 Å². The lowest BCUT2D eigenvalue weighted by atomic mass is 9.80. The van der Waals surface area contributed by atoms with E-state index in [1.165, 1.54) is 0 Å². The van der Waals surface area contributed by atoms with Gasteiger partial charge in [-0.05, 0) is 50.2 Å². The van der Waals surface area contributed by atoms with Crippen LogP contribution < -0.4 is 10.6 Å². The first-order valence-corrected chi connectivity index (χ1v) is 9.10. The van der Waals surface area contributed by atoms with Crippen LogP contribution >= 0.6 is 0 Å². The Labute approximate surface area is 148 Å². The maximum Gasteiger partial charge on any atom is 0.227 e. The summed E-state index contributed by atoms with van der Waals surface area (Å²) in [7, 11) is 0. The lowest BCUT2D eigenvalue weighted by Crippen LogP contribution is -2.28. The first-order chi connectivity index (χ1) is 12.1. The van der Waals surface area contributed by atoms with Crippen molar-refractivity contribution >= 4 is 23.3 Å². The molecule has 3 rings (SSSR count). The molecule has 25 heavy (non-hydrogen) atoms. The Balaban J connectivity index is 1.46. The molecule has 2 N–H and O–H groups in total. The standard InChI is InChI=1S/C19H24N4O2/c20-11-14-4-1-3-13(9-14)10-18(24)23-17-8-7-16(12-21-17)22-19(25)15-5-2-6-15/h7-8,12-15H,1-6,9-10H2,(H,22,25)(H,21,23,24). The minimum atomic E-state index is -0.0673. The average molecular weight is 340 g/mol. The Morgan fingerprint density at radius 2 is 1.96 bits per heavy atom. The molecular weight excluding hydrogens is 316 g/mol. The number of aromatic nitrogens is 1. The van der Waals surface area contributed by atoms with E-state index in [9.17, 15) is 9.59 Å². The summed E-state index contributed by atoms with van der Waals surface area (Å²) in [5.41, 5.74) is 0.652. The molecule has 132 valence electrons. The molecule has 2 aliphatic rings. The van der Waals surface area contributed by atoms with Crippen molar-refractivity contribution in [3.8, 4) is 6.07 Å². The lowest BCUT2D eigenvalue weighted by molar-refractivity contribution is -0.122. The zero-order valence-corrected chi connectivity index (χ0v) is 14.3. The van der Waals surface area contributed by atoms with Crippen molar-refractivity contribution in [2.45, 2.75) is 51.4 Å². The van der Waals surface area contributed by atoms with E-state index in [0.29, 0.717) is 17.9 Å². The summed E-state index contributed by atoms with van der Waals surface area (Å²) in [6.07, 6.45) is 8.82. The summed E-state index contributed by atoms with van der Waals surface area (Å²) >= 11 is 0. The molecule has 0 spiro atoms. The van der Waals surface area contributed by atoms with Gasteiger partial charge in [0, 0.05) is 18.3 Å². The van der Waals surface area contributed by atoms with Crippen molar-refractivity contribution in [2.75, 3.05) is 10.6 Å². The van der Waals surface area contributed by atoms with Gasteiger partial charge in [-0.3, -0.25) is 9.59 Å². The minimum Gasteiger partial charge on any atom is -0.324 e. The molecule has 0 radical (unpaired) electrons. The predicted octanol–water partition coefficient (Wildman–Crippen LogP) is 3.48. The van der Waals surface area contributed by atoms with Gasteiger partial charge < -0.3 is 10.6 Å². The van der Waals surface area contributed by atoms with E-state index >= 15 is 0 Å². The summed E-state index contributed by atoms with van der Waals surface area (Å²) in [6, 6.07) is 5.77. The fourth-order valence-electron chi connectivity index (χ4n) is 3.51. The number of nitriles is 1. The molecule has 1 heterocycles. The van der Waals surface area contributed by atoms with Crippen molar-refractivity contribution < 1.29 is 9.59 Å². The van der Waals surface area contributed by atoms with Gasteiger partial charge in [-0.2, -0.15) is 5.26 Å². The second kappa shape index (κ2) is 8.11. The van der Waals surface area contributed by atoms with Crippen molar-refractivity contribution in [1.82, 2.24) is 4.98 Å². The van der Waals surface area contributed by atoms with Crippen LogP contribution in [0.5, 0.6) is 0 Å². The number of carbonyl (C=O) groups excluding carboxylic acids is 2. The highest BCUT2D eigenvalue weighted by Gasteiger charge is 2.25. The van der Waals surface area contributed by atoms with Crippen LogP contribution in [0.3, 0.4) is 0 Å². The van der Waals surface area contributed by atoms with E-state index in [1.807, 2.05) is 0 Å². The van der Waals surface area contributed by atoms with E-state index < -0.39 is 0 Å². The molecule has 2 amide bonds. The van der Waals surface area contributed by atoms with Gasteiger partial charge in [-0.15, -0.1) is 0 Å². The van der Waals surface area contributed by atoms with Gasteiger partial charge >= 0.3 is 0 Å². The Kier molecular flexibility index (Phi) is 5.64. The first kappa shape index (κ1) is 17.4. The lowest BCUT2D eigenvalue weighted by Gasteiger charge is -2.24. The number of anilines is 2. The minimum absolute atomic E-state index is 0.0502. The van der Waals surface area contributed by atoms with Crippen LogP contribution in [0.1, 0.15) is 51.4 Å². The fraction of sp³-hybridized carbons (Fsp3) is 0.579. The summed E-state index contributed by atoms with van der Waals surface area (Å²) < 4.78 is 0. The van der Waals surface area contributed by atoms with E-state index in [2.05, 4.69) is 21.7 Å². The maximum atomic E-state index is 12.2. The monoisotopic (exact) mass is 340 g/mol. The molecule has 2 unspecified atom stereocenters. The van der Waals surface area contributed by atoms with Crippen LogP contribution in [0.4, 0.5) is 11.5 Å². The topological polar surface area (TPSA) is 94.9 Å². The van der Waals surface area contributed by atoms with Gasteiger partial charge in [-0.25, -0.2) is 4.98 Å². The van der Waals surface area contributed by atoms with Crippen LogP contribution in [0.2, 0.25) is 0 Å². The quantitative estimate of drug-likeness (QED) is 0.858. The Morgan fingerprint density at radius 1 is 1.16 bits per heavy atom. The zero-order valence-electron chi connectivity index (χ0n) is 14.3. The smallest absolute Gasteiger partial charge is 0.227 e. The van der Waals surface area contributed by atoms with Crippen molar-refractivity contribution in [1.29, 1.82) is 5.26 Å². The number of nitrogens with one attached hydrogen (secondary N) is 2. The van der Waals surface area contributed by atoms with Gasteiger partial charge in [0.1, 0.15) is 5.82 Å². The zero-order chi connectivity index (χ0) is 17.6. The molecule has 0 bridgehead atoms. The van der Waals surface area contributed by atoms with Gasteiger partial charge in [-0.1, -0.05) is 12.8 Å². The molecule has 6 heteroatoms. The van der Waals surface area contributed by atoms with E-state index in [4.69, 9.17) is 5.26 Å². The normalized spacial score (nSPS) is 23.2. The van der Waals surface area contributed by atoms with Crippen LogP contribution in [0, 0.1) is 29.1 Å². The first-order valence-electron chi connectivity index (χ1n) is 9.10. The second-order valence-corrected chi connectivity index (χ2v) is 7.16. The highest BCUT2D eigenvalue weighted by Crippen LogP contribution is 2.31. The highest BCUT2D eigenvalue weighted by atomic mass is 16.2. The average Bonchev–Trinajstić information content (AvgIpc) is 2.55. The van der Waals surface area contributed by atoms with Crippen molar-refractivity contribution in [2.24, 2.45) is 17.8 Å². The largest absolute Gasteiger partial charge is 0.324 e. The van der Waals surface area contributed by atoms with Crippen molar-refractivity contribution in [3.63, 3.8) is 0 Å². The van der Waals surface area contributed by atoms with E-state index in [-0.39, 0.29) is 29.6 Å². The SMILES string of the molecule is N#CC1CCCC(CC(=O)Nc2ccc(NC(=O)C3CCC3)cn2)C1. The third kappa shape index (κ3) is 4.79. The van der Waals surface area contributed by atoms with Crippen LogP contribution in [0.15, 0.2) is 18.3 Å². The number of hydrogen-bond donors (Lipinski definition) is 2. The van der Waals surface area contributed by atoms with Gasteiger partial charge in [0.15, 0.2) is 0 Å². The maximum absolute atomic E-state index is 12.2. The molecule has 2 atom stereocenters. The number of rotatable bonds is 5. The molecule has 6 nitrogen and oxygen atoms in total. The Morgan fingerprint density at radius 3 is 2.60 bits per heavy atom.